The SMILES string of the molecule is CCn1c(-c2ccc(Cl)cc2)nnc1S(=O)(=O)Cc1cnoc1C1CC1. The molecule has 0 radical (unpaired) electrons. The highest BCUT2D eigenvalue weighted by Crippen LogP contribution is 2.42. The van der Waals surface area contributed by atoms with Crippen molar-refractivity contribution in [2.45, 2.75) is 43.1 Å². The third kappa shape index (κ3) is 3.14. The van der Waals surface area contributed by atoms with Crippen LogP contribution in [-0.2, 0) is 22.1 Å². The number of halogens is 1. The third-order valence-electron chi connectivity index (χ3n) is 4.38. The van der Waals surface area contributed by atoms with Crippen molar-refractivity contribution < 1.29 is 12.9 Å². The van der Waals surface area contributed by atoms with Crippen LogP contribution in [0.2, 0.25) is 5.02 Å². The molecule has 4 rings (SSSR count). The van der Waals surface area contributed by atoms with Crippen LogP contribution in [0.5, 0.6) is 0 Å². The summed E-state index contributed by atoms with van der Waals surface area (Å²) >= 11 is 5.92. The van der Waals surface area contributed by atoms with Crippen LogP contribution in [0.15, 0.2) is 40.1 Å². The molecule has 0 bridgehead atoms. The van der Waals surface area contributed by atoms with Crippen LogP contribution in [0, 0.1) is 0 Å². The maximum absolute atomic E-state index is 13.0. The van der Waals surface area contributed by atoms with Crippen molar-refractivity contribution in [2.24, 2.45) is 0 Å². The van der Waals surface area contributed by atoms with E-state index in [4.69, 9.17) is 16.1 Å². The van der Waals surface area contributed by atoms with Crippen LogP contribution in [0.4, 0.5) is 0 Å². The fraction of sp³-hybridized carbons (Fsp3) is 0.353. The highest BCUT2D eigenvalue weighted by molar-refractivity contribution is 7.90. The molecule has 2 aromatic heterocycles. The number of aromatic nitrogens is 4. The van der Waals surface area contributed by atoms with E-state index in [1.807, 2.05) is 6.92 Å². The Balaban J connectivity index is 1.70. The maximum atomic E-state index is 13.0. The molecule has 26 heavy (non-hydrogen) atoms. The van der Waals surface area contributed by atoms with Crippen molar-refractivity contribution in [1.82, 2.24) is 19.9 Å². The molecule has 0 aliphatic heterocycles. The van der Waals surface area contributed by atoms with E-state index in [-0.39, 0.29) is 16.8 Å². The molecule has 1 aromatic carbocycles. The van der Waals surface area contributed by atoms with Gasteiger partial charge in [0, 0.05) is 28.6 Å². The molecule has 2 heterocycles. The van der Waals surface area contributed by atoms with Crippen LogP contribution in [0.3, 0.4) is 0 Å². The van der Waals surface area contributed by atoms with Gasteiger partial charge in [0.25, 0.3) is 0 Å². The van der Waals surface area contributed by atoms with Gasteiger partial charge in [-0.1, -0.05) is 16.8 Å². The van der Waals surface area contributed by atoms with Crippen molar-refractivity contribution in [3.8, 4) is 11.4 Å². The first-order valence-corrected chi connectivity index (χ1v) is 10.4. The highest BCUT2D eigenvalue weighted by atomic mass is 35.5. The second-order valence-corrected chi connectivity index (χ2v) is 8.63. The summed E-state index contributed by atoms with van der Waals surface area (Å²) in [7, 11) is -3.69. The van der Waals surface area contributed by atoms with Crippen molar-refractivity contribution in [3.63, 3.8) is 0 Å². The van der Waals surface area contributed by atoms with E-state index in [0.29, 0.717) is 28.7 Å². The molecular formula is C17H17ClN4O3S. The lowest BCUT2D eigenvalue weighted by Gasteiger charge is -2.08. The van der Waals surface area contributed by atoms with Gasteiger partial charge in [-0.05, 0) is 44.0 Å². The lowest BCUT2D eigenvalue weighted by atomic mass is 10.2. The van der Waals surface area contributed by atoms with Gasteiger partial charge in [-0.2, -0.15) is 0 Å². The zero-order chi connectivity index (χ0) is 18.3. The first-order valence-electron chi connectivity index (χ1n) is 8.35. The molecule has 1 aliphatic rings. The summed E-state index contributed by atoms with van der Waals surface area (Å²) in [5, 5.41) is 12.4. The van der Waals surface area contributed by atoms with E-state index < -0.39 is 9.84 Å². The van der Waals surface area contributed by atoms with E-state index >= 15 is 0 Å². The first kappa shape index (κ1) is 17.2. The van der Waals surface area contributed by atoms with Crippen LogP contribution >= 0.6 is 11.6 Å². The predicted octanol–water partition coefficient (Wildman–Crippen LogP) is 3.46. The van der Waals surface area contributed by atoms with Crippen molar-refractivity contribution in [1.29, 1.82) is 0 Å². The molecule has 136 valence electrons. The normalized spacial score (nSPS) is 14.7. The summed E-state index contributed by atoms with van der Waals surface area (Å²) in [5.41, 5.74) is 1.36. The van der Waals surface area contributed by atoms with Crippen molar-refractivity contribution >= 4 is 21.4 Å². The predicted molar refractivity (Wildman–Crippen MR) is 95.5 cm³/mol. The number of rotatable bonds is 6. The van der Waals surface area contributed by atoms with Gasteiger partial charge in [0.15, 0.2) is 5.82 Å². The molecule has 0 N–H and O–H groups in total. The Morgan fingerprint density at radius 2 is 1.96 bits per heavy atom. The Hall–Kier alpha value is -2.19. The number of hydrogen-bond acceptors (Lipinski definition) is 6. The fourth-order valence-corrected chi connectivity index (χ4v) is 4.54. The second kappa shape index (κ2) is 6.51. The zero-order valence-corrected chi connectivity index (χ0v) is 15.7. The van der Waals surface area contributed by atoms with Gasteiger partial charge >= 0.3 is 0 Å². The average Bonchev–Trinajstić information content (AvgIpc) is 3.19. The van der Waals surface area contributed by atoms with Crippen molar-refractivity contribution in [2.75, 3.05) is 0 Å². The van der Waals surface area contributed by atoms with E-state index in [0.717, 1.165) is 18.4 Å². The van der Waals surface area contributed by atoms with Crippen LogP contribution in [0.25, 0.3) is 11.4 Å². The Kier molecular flexibility index (Phi) is 4.32. The van der Waals surface area contributed by atoms with Crippen LogP contribution < -0.4 is 0 Å². The van der Waals surface area contributed by atoms with E-state index in [1.165, 1.54) is 6.20 Å². The summed E-state index contributed by atoms with van der Waals surface area (Å²) in [6.07, 6.45) is 3.50. The molecule has 1 fully saturated rings. The van der Waals surface area contributed by atoms with Gasteiger partial charge in [-0.25, -0.2) is 8.42 Å². The number of hydrogen-bond donors (Lipinski definition) is 0. The van der Waals surface area contributed by atoms with Crippen molar-refractivity contribution in [3.05, 3.63) is 46.8 Å². The Morgan fingerprint density at radius 3 is 2.62 bits per heavy atom. The van der Waals surface area contributed by atoms with Crippen LogP contribution in [0.1, 0.15) is 37.0 Å². The molecule has 0 amide bonds. The van der Waals surface area contributed by atoms with Gasteiger partial charge in [0.1, 0.15) is 5.76 Å². The lowest BCUT2D eigenvalue weighted by Crippen LogP contribution is -2.13. The minimum atomic E-state index is -3.69. The smallest absolute Gasteiger partial charge is 0.250 e. The minimum Gasteiger partial charge on any atom is -0.361 e. The van der Waals surface area contributed by atoms with E-state index in [9.17, 15) is 8.42 Å². The fourth-order valence-electron chi connectivity index (χ4n) is 2.95. The molecule has 3 aromatic rings. The Morgan fingerprint density at radius 1 is 1.23 bits per heavy atom. The molecule has 0 atom stereocenters. The summed E-state index contributed by atoms with van der Waals surface area (Å²) in [4.78, 5) is 0. The molecular weight excluding hydrogens is 376 g/mol. The monoisotopic (exact) mass is 392 g/mol. The summed E-state index contributed by atoms with van der Waals surface area (Å²) < 4.78 is 32.8. The quantitative estimate of drug-likeness (QED) is 0.638. The third-order valence-corrected chi connectivity index (χ3v) is 6.18. The van der Waals surface area contributed by atoms with Gasteiger partial charge in [-0.3, -0.25) is 4.57 Å². The Labute approximate surface area is 155 Å². The van der Waals surface area contributed by atoms with Crippen LogP contribution in [-0.4, -0.2) is 28.3 Å². The average molecular weight is 393 g/mol. The van der Waals surface area contributed by atoms with Gasteiger partial charge in [0.05, 0.1) is 11.9 Å². The number of sulfone groups is 1. The molecule has 1 aliphatic carbocycles. The highest BCUT2D eigenvalue weighted by Gasteiger charge is 2.33. The molecule has 0 saturated heterocycles. The molecule has 9 heteroatoms. The number of nitrogens with zero attached hydrogens (tertiary/aromatic N) is 4. The summed E-state index contributed by atoms with van der Waals surface area (Å²) in [6.45, 7) is 2.29. The first-order chi connectivity index (χ1) is 12.5. The maximum Gasteiger partial charge on any atom is 0.250 e. The molecule has 1 saturated carbocycles. The zero-order valence-electron chi connectivity index (χ0n) is 14.1. The molecule has 0 spiro atoms. The van der Waals surface area contributed by atoms with E-state index in [2.05, 4.69) is 15.4 Å². The standard InChI is InChI=1S/C17H17ClN4O3S/c1-2-22-16(12-5-7-14(18)8-6-12)20-21-17(22)26(23,24)10-13-9-19-25-15(13)11-3-4-11/h5-9,11H,2-4,10H2,1H3. The van der Waals surface area contributed by atoms with E-state index in [1.54, 1.807) is 28.8 Å². The second-order valence-electron chi connectivity index (χ2n) is 6.31. The minimum absolute atomic E-state index is 0.0482. The summed E-state index contributed by atoms with van der Waals surface area (Å²) in [5.74, 6) is 1.27. The Bertz CT molecular complexity index is 1040. The van der Waals surface area contributed by atoms with Gasteiger partial charge in [-0.15, -0.1) is 10.2 Å². The van der Waals surface area contributed by atoms with Gasteiger partial charge < -0.3 is 4.52 Å². The molecule has 7 nitrogen and oxygen atoms in total. The summed E-state index contributed by atoms with van der Waals surface area (Å²) in [6, 6.07) is 7.05. The number of benzene rings is 1. The lowest BCUT2D eigenvalue weighted by molar-refractivity contribution is 0.383. The topological polar surface area (TPSA) is 90.9 Å². The van der Waals surface area contributed by atoms with Gasteiger partial charge in [0.2, 0.25) is 15.0 Å². The largest absolute Gasteiger partial charge is 0.361 e. The molecule has 0 unspecified atom stereocenters.